The highest BCUT2D eigenvalue weighted by Crippen LogP contribution is 2.36. The lowest BCUT2D eigenvalue weighted by Crippen LogP contribution is -2.40. The monoisotopic (exact) mass is 622 g/mol. The molecule has 1 aliphatic rings. The van der Waals surface area contributed by atoms with Crippen molar-refractivity contribution in [1.29, 1.82) is 0 Å². The van der Waals surface area contributed by atoms with Gasteiger partial charge in [-0.2, -0.15) is 0 Å². The van der Waals surface area contributed by atoms with E-state index < -0.39 is 23.9 Å². The van der Waals surface area contributed by atoms with Gasteiger partial charge in [0.25, 0.3) is 5.56 Å². The lowest BCUT2D eigenvalue weighted by atomic mass is 9.95. The Balaban J connectivity index is 1.90. The van der Waals surface area contributed by atoms with Gasteiger partial charge in [0.2, 0.25) is 0 Å². The first kappa shape index (κ1) is 32.2. The van der Waals surface area contributed by atoms with Crippen LogP contribution in [0, 0.1) is 5.92 Å². The van der Waals surface area contributed by atoms with Gasteiger partial charge >= 0.3 is 17.9 Å². The molecule has 11 nitrogen and oxygen atoms in total. The summed E-state index contributed by atoms with van der Waals surface area (Å²) in [6.45, 7) is 10.5. The van der Waals surface area contributed by atoms with Gasteiger partial charge in [0.05, 0.1) is 42.2 Å². The zero-order valence-corrected chi connectivity index (χ0v) is 26.4. The third-order valence-corrected chi connectivity index (χ3v) is 7.35. The molecule has 2 aromatic carbocycles. The maximum absolute atomic E-state index is 14.0. The first-order chi connectivity index (χ1) is 20.9. The smallest absolute Gasteiger partial charge is 0.338 e. The molecule has 0 amide bonds. The maximum atomic E-state index is 14.0. The summed E-state index contributed by atoms with van der Waals surface area (Å²) in [6, 6.07) is 8.92. The van der Waals surface area contributed by atoms with E-state index in [2.05, 4.69) is 4.99 Å². The fourth-order valence-electron chi connectivity index (χ4n) is 4.58. The standard InChI is InChI=1S/C32H34N2O9S/c1-8-40-26-13-21(9-11-24(26)43-20(6)36)14-27-30(37)34-29(22-10-12-23(42-19(5)35)25(15-22)39-7)28(18(4)33-32(34)44-27)31(38)41-16-17(2)3/h9-15,17,29H,8,16H2,1-7H3/b27-14-. The minimum Gasteiger partial charge on any atom is -0.493 e. The number of esters is 3. The van der Waals surface area contributed by atoms with Gasteiger partial charge in [-0.25, -0.2) is 9.79 Å². The van der Waals surface area contributed by atoms with Crippen LogP contribution in [0.2, 0.25) is 0 Å². The molecule has 0 bridgehead atoms. The van der Waals surface area contributed by atoms with E-state index >= 15 is 0 Å². The number of benzene rings is 2. The molecule has 1 aliphatic heterocycles. The van der Waals surface area contributed by atoms with E-state index in [-0.39, 0.29) is 40.9 Å². The summed E-state index contributed by atoms with van der Waals surface area (Å²) >= 11 is 1.16. The average molecular weight is 623 g/mol. The number of methoxy groups -OCH3 is 1. The van der Waals surface area contributed by atoms with Crippen LogP contribution in [0.3, 0.4) is 0 Å². The fourth-order valence-corrected chi connectivity index (χ4v) is 5.63. The Morgan fingerprint density at radius 1 is 1.00 bits per heavy atom. The number of thiazole rings is 1. The average Bonchev–Trinajstić information content (AvgIpc) is 3.26. The first-order valence-corrected chi connectivity index (χ1v) is 14.8. The summed E-state index contributed by atoms with van der Waals surface area (Å²) in [6.07, 6.45) is 1.68. The second kappa shape index (κ2) is 13.7. The molecule has 0 spiro atoms. The van der Waals surface area contributed by atoms with Crippen molar-refractivity contribution in [2.24, 2.45) is 10.9 Å². The molecule has 1 atom stereocenters. The zero-order valence-electron chi connectivity index (χ0n) is 25.6. The van der Waals surface area contributed by atoms with Crippen molar-refractivity contribution >= 4 is 35.3 Å². The van der Waals surface area contributed by atoms with Gasteiger partial charge < -0.3 is 23.7 Å². The van der Waals surface area contributed by atoms with Gasteiger partial charge in [0.1, 0.15) is 0 Å². The second-order valence-electron chi connectivity index (χ2n) is 10.3. The largest absolute Gasteiger partial charge is 0.493 e. The number of rotatable bonds is 10. The number of fused-ring (bicyclic) bond motifs is 1. The Labute approximate surface area is 258 Å². The van der Waals surface area contributed by atoms with Crippen LogP contribution >= 0.6 is 11.3 Å². The molecule has 3 aromatic rings. The quantitative estimate of drug-likeness (QED) is 0.245. The summed E-state index contributed by atoms with van der Waals surface area (Å²) in [7, 11) is 1.43. The highest BCUT2D eigenvalue weighted by Gasteiger charge is 2.34. The number of carbonyl (C=O) groups excluding carboxylic acids is 3. The number of hydrogen-bond donors (Lipinski definition) is 0. The number of carbonyl (C=O) groups is 3. The highest BCUT2D eigenvalue weighted by atomic mass is 32.1. The molecule has 0 N–H and O–H groups in total. The number of aromatic nitrogens is 1. The third kappa shape index (κ3) is 7.08. The number of nitrogens with zero attached hydrogens (tertiary/aromatic N) is 2. The molecule has 12 heteroatoms. The predicted molar refractivity (Wildman–Crippen MR) is 163 cm³/mol. The number of ether oxygens (including phenoxy) is 5. The summed E-state index contributed by atoms with van der Waals surface area (Å²) in [4.78, 5) is 55.7. The molecule has 1 aromatic heterocycles. The van der Waals surface area contributed by atoms with Crippen LogP contribution in [0.25, 0.3) is 6.08 Å². The second-order valence-corrected chi connectivity index (χ2v) is 11.3. The van der Waals surface area contributed by atoms with Crippen molar-refractivity contribution in [1.82, 2.24) is 4.57 Å². The van der Waals surface area contributed by atoms with Crippen LogP contribution in [0.4, 0.5) is 0 Å². The van der Waals surface area contributed by atoms with Gasteiger partial charge in [-0.05, 0) is 61.2 Å². The van der Waals surface area contributed by atoms with Crippen molar-refractivity contribution in [2.75, 3.05) is 20.3 Å². The van der Waals surface area contributed by atoms with E-state index in [9.17, 15) is 19.2 Å². The van der Waals surface area contributed by atoms with Gasteiger partial charge in [-0.1, -0.05) is 37.3 Å². The van der Waals surface area contributed by atoms with Crippen molar-refractivity contribution in [3.05, 3.63) is 78.5 Å². The number of allylic oxidation sites excluding steroid dienone is 1. The Kier molecular flexibility index (Phi) is 10.0. The molecule has 1 unspecified atom stereocenters. The van der Waals surface area contributed by atoms with E-state index in [4.69, 9.17) is 23.7 Å². The summed E-state index contributed by atoms with van der Waals surface area (Å²) in [5.41, 5.74) is 1.39. The molecule has 2 heterocycles. The fraction of sp³-hybridized carbons (Fsp3) is 0.344. The van der Waals surface area contributed by atoms with Crippen molar-refractivity contribution in [2.45, 2.75) is 47.6 Å². The lowest BCUT2D eigenvalue weighted by molar-refractivity contribution is -0.140. The topological polar surface area (TPSA) is 132 Å². The molecule has 232 valence electrons. The van der Waals surface area contributed by atoms with Crippen molar-refractivity contribution in [3.8, 4) is 23.0 Å². The van der Waals surface area contributed by atoms with Crippen LogP contribution in [-0.2, 0) is 19.1 Å². The van der Waals surface area contributed by atoms with Crippen LogP contribution < -0.4 is 33.8 Å². The Morgan fingerprint density at radius 3 is 2.27 bits per heavy atom. The predicted octanol–water partition coefficient (Wildman–Crippen LogP) is 3.69. The molecule has 4 rings (SSSR count). The van der Waals surface area contributed by atoms with E-state index in [1.807, 2.05) is 20.8 Å². The van der Waals surface area contributed by atoms with Crippen molar-refractivity contribution in [3.63, 3.8) is 0 Å². The Hall–Kier alpha value is -4.71. The van der Waals surface area contributed by atoms with Crippen LogP contribution in [0.5, 0.6) is 23.0 Å². The van der Waals surface area contributed by atoms with Crippen molar-refractivity contribution < 1.29 is 38.1 Å². The van der Waals surface area contributed by atoms with E-state index in [0.717, 1.165) is 11.3 Å². The van der Waals surface area contributed by atoms with E-state index in [1.54, 1.807) is 49.4 Å². The van der Waals surface area contributed by atoms with Gasteiger partial charge in [0, 0.05) is 13.8 Å². The molecule has 0 fully saturated rings. The maximum Gasteiger partial charge on any atom is 0.338 e. The Morgan fingerprint density at radius 2 is 1.66 bits per heavy atom. The summed E-state index contributed by atoms with van der Waals surface area (Å²) in [5, 5.41) is 0. The SMILES string of the molecule is CCOc1cc(/C=c2\sc3n(c2=O)C(c2ccc(OC(C)=O)c(OC)c2)C(C(=O)OCC(C)C)=C(C)N=3)ccc1OC(C)=O. The van der Waals surface area contributed by atoms with Gasteiger partial charge in [-0.3, -0.25) is 19.0 Å². The molecule has 44 heavy (non-hydrogen) atoms. The normalized spacial score (nSPS) is 14.5. The van der Waals surface area contributed by atoms with E-state index in [0.29, 0.717) is 38.5 Å². The van der Waals surface area contributed by atoms with Gasteiger partial charge in [-0.15, -0.1) is 0 Å². The van der Waals surface area contributed by atoms with Crippen LogP contribution in [0.1, 0.15) is 58.7 Å². The molecule has 0 saturated carbocycles. The molecular weight excluding hydrogens is 588 g/mol. The third-order valence-electron chi connectivity index (χ3n) is 6.37. The Bertz CT molecular complexity index is 1820. The zero-order chi connectivity index (χ0) is 32.1. The summed E-state index contributed by atoms with van der Waals surface area (Å²) < 4.78 is 29.0. The summed E-state index contributed by atoms with van der Waals surface area (Å²) in [5.74, 6) is -0.434. The molecule has 0 saturated heterocycles. The van der Waals surface area contributed by atoms with Crippen LogP contribution in [0.15, 0.2) is 57.5 Å². The van der Waals surface area contributed by atoms with Crippen LogP contribution in [-0.4, -0.2) is 42.8 Å². The lowest BCUT2D eigenvalue weighted by Gasteiger charge is -2.25. The minimum atomic E-state index is -0.904. The number of hydrogen-bond acceptors (Lipinski definition) is 11. The van der Waals surface area contributed by atoms with Gasteiger partial charge in [0.15, 0.2) is 27.8 Å². The molecule has 0 radical (unpaired) electrons. The minimum absolute atomic E-state index is 0.0939. The van der Waals surface area contributed by atoms with E-state index in [1.165, 1.54) is 25.5 Å². The molecule has 0 aliphatic carbocycles. The first-order valence-electron chi connectivity index (χ1n) is 13.9. The highest BCUT2D eigenvalue weighted by molar-refractivity contribution is 7.07. The molecular formula is C32H34N2O9S.